The molecule has 0 unspecified atom stereocenters. The lowest BCUT2D eigenvalue weighted by molar-refractivity contribution is -0.122. The van der Waals surface area contributed by atoms with E-state index in [2.05, 4.69) is 9.80 Å². The van der Waals surface area contributed by atoms with Crippen LogP contribution in [0.5, 0.6) is 0 Å². The lowest BCUT2D eigenvalue weighted by atomic mass is 10.0. The number of amides is 1. The third-order valence-electron chi connectivity index (χ3n) is 5.68. The number of benzene rings is 1. The van der Waals surface area contributed by atoms with Crippen molar-refractivity contribution in [3.63, 3.8) is 0 Å². The third kappa shape index (κ3) is 3.21. The van der Waals surface area contributed by atoms with Gasteiger partial charge in [-0.05, 0) is 37.9 Å². The molecular formula is C19H27N3O2. The topological polar surface area (TPSA) is 36.0 Å². The maximum atomic E-state index is 12.9. The molecule has 1 amide bonds. The molecule has 2 atom stereocenters. The number of hydrogen-bond acceptors (Lipinski definition) is 4. The Morgan fingerprint density at radius 2 is 1.71 bits per heavy atom. The largest absolute Gasteiger partial charge is 0.379 e. The number of ether oxygens (including phenoxy) is 1. The number of anilines is 1. The number of nitrogens with zero attached hydrogens (tertiary/aromatic N) is 3. The van der Waals surface area contributed by atoms with Crippen LogP contribution in [0.3, 0.4) is 0 Å². The summed E-state index contributed by atoms with van der Waals surface area (Å²) in [5.74, 6) is 0.281. The molecule has 1 aromatic carbocycles. The van der Waals surface area contributed by atoms with E-state index in [1.54, 1.807) is 0 Å². The van der Waals surface area contributed by atoms with Gasteiger partial charge in [0.05, 0.1) is 19.3 Å². The number of piperidine rings is 1. The SMILES string of the molecule is O=C1[C@@H](N2CCC[C@H](N3CCOCC3)C2)CCN1c1ccccc1. The fourth-order valence-corrected chi connectivity index (χ4v) is 4.37. The van der Waals surface area contributed by atoms with E-state index in [9.17, 15) is 4.79 Å². The molecule has 0 bridgehead atoms. The van der Waals surface area contributed by atoms with Crippen molar-refractivity contribution in [3.8, 4) is 0 Å². The zero-order chi connectivity index (χ0) is 16.4. The van der Waals surface area contributed by atoms with Gasteiger partial charge in [-0.15, -0.1) is 0 Å². The van der Waals surface area contributed by atoms with Crippen LogP contribution in [-0.4, -0.2) is 73.7 Å². The second kappa shape index (κ2) is 7.21. The van der Waals surface area contributed by atoms with Crippen molar-refractivity contribution < 1.29 is 9.53 Å². The molecule has 4 rings (SSSR count). The van der Waals surface area contributed by atoms with Crippen molar-refractivity contribution >= 4 is 11.6 Å². The Bertz CT molecular complexity index is 559. The first-order valence-corrected chi connectivity index (χ1v) is 9.25. The van der Waals surface area contributed by atoms with Gasteiger partial charge in [0, 0.05) is 37.9 Å². The molecule has 5 nitrogen and oxygen atoms in total. The smallest absolute Gasteiger partial charge is 0.244 e. The van der Waals surface area contributed by atoms with Gasteiger partial charge >= 0.3 is 0 Å². The van der Waals surface area contributed by atoms with E-state index in [1.807, 2.05) is 35.2 Å². The molecule has 0 spiro atoms. The molecule has 5 heteroatoms. The summed E-state index contributed by atoms with van der Waals surface area (Å²) in [5.41, 5.74) is 1.03. The molecule has 0 N–H and O–H groups in total. The molecule has 0 saturated carbocycles. The number of morpholine rings is 1. The number of likely N-dealkylation sites (tertiary alicyclic amines) is 1. The summed E-state index contributed by atoms with van der Waals surface area (Å²) in [6.45, 7) is 6.69. The zero-order valence-corrected chi connectivity index (χ0v) is 14.3. The van der Waals surface area contributed by atoms with Crippen molar-refractivity contribution in [2.45, 2.75) is 31.3 Å². The molecule has 3 heterocycles. The highest BCUT2D eigenvalue weighted by Crippen LogP contribution is 2.27. The Morgan fingerprint density at radius 1 is 0.917 bits per heavy atom. The number of carbonyl (C=O) groups is 1. The average molecular weight is 329 g/mol. The van der Waals surface area contributed by atoms with Crippen LogP contribution in [0.4, 0.5) is 5.69 Å². The summed E-state index contributed by atoms with van der Waals surface area (Å²) in [4.78, 5) is 19.9. The number of carbonyl (C=O) groups excluding carboxylic acids is 1. The molecule has 0 aromatic heterocycles. The summed E-state index contributed by atoms with van der Waals surface area (Å²) in [7, 11) is 0. The van der Waals surface area contributed by atoms with Crippen molar-refractivity contribution in [2.24, 2.45) is 0 Å². The average Bonchev–Trinajstić information content (AvgIpc) is 3.05. The van der Waals surface area contributed by atoms with Gasteiger partial charge < -0.3 is 9.64 Å². The lowest BCUT2D eigenvalue weighted by Gasteiger charge is -2.42. The van der Waals surface area contributed by atoms with Gasteiger partial charge in [-0.2, -0.15) is 0 Å². The van der Waals surface area contributed by atoms with E-state index in [0.29, 0.717) is 6.04 Å². The Kier molecular flexibility index (Phi) is 4.83. The summed E-state index contributed by atoms with van der Waals surface area (Å²) in [6, 6.07) is 10.7. The second-order valence-corrected chi connectivity index (χ2v) is 7.07. The summed E-state index contributed by atoms with van der Waals surface area (Å²) >= 11 is 0. The molecule has 1 aromatic rings. The maximum absolute atomic E-state index is 12.9. The van der Waals surface area contributed by atoms with Gasteiger partial charge in [-0.1, -0.05) is 18.2 Å². The highest BCUT2D eigenvalue weighted by molar-refractivity contribution is 5.99. The van der Waals surface area contributed by atoms with Crippen LogP contribution in [0.25, 0.3) is 0 Å². The highest BCUT2D eigenvalue weighted by atomic mass is 16.5. The third-order valence-corrected chi connectivity index (χ3v) is 5.68. The van der Waals surface area contributed by atoms with Gasteiger partial charge in [0.1, 0.15) is 0 Å². The van der Waals surface area contributed by atoms with Crippen LogP contribution in [-0.2, 0) is 9.53 Å². The molecule has 3 fully saturated rings. The van der Waals surface area contributed by atoms with E-state index in [-0.39, 0.29) is 11.9 Å². The van der Waals surface area contributed by atoms with Crippen LogP contribution in [0.15, 0.2) is 30.3 Å². The van der Waals surface area contributed by atoms with Gasteiger partial charge in [-0.3, -0.25) is 14.6 Å². The monoisotopic (exact) mass is 329 g/mol. The van der Waals surface area contributed by atoms with Crippen molar-refractivity contribution in [2.75, 3.05) is 50.8 Å². The van der Waals surface area contributed by atoms with E-state index in [4.69, 9.17) is 4.74 Å². The van der Waals surface area contributed by atoms with E-state index < -0.39 is 0 Å². The fraction of sp³-hybridized carbons (Fsp3) is 0.632. The standard InChI is InChI=1S/C19H27N3O2/c23-19-18(8-10-22(19)16-5-2-1-3-6-16)21-9-4-7-17(15-21)20-11-13-24-14-12-20/h1-3,5-6,17-18H,4,7-15H2/t17-,18-/m0/s1. The molecule has 0 aliphatic carbocycles. The number of para-hydroxylation sites is 1. The minimum atomic E-state index is 0.0639. The Hall–Kier alpha value is -1.43. The van der Waals surface area contributed by atoms with Crippen LogP contribution < -0.4 is 4.90 Å². The van der Waals surface area contributed by atoms with E-state index >= 15 is 0 Å². The predicted octanol–water partition coefficient (Wildman–Crippen LogP) is 1.59. The van der Waals surface area contributed by atoms with E-state index in [1.165, 1.54) is 12.8 Å². The van der Waals surface area contributed by atoms with Gasteiger partial charge in [-0.25, -0.2) is 0 Å². The van der Waals surface area contributed by atoms with E-state index in [0.717, 1.165) is 58.0 Å². The van der Waals surface area contributed by atoms with Crippen LogP contribution in [0.1, 0.15) is 19.3 Å². The lowest BCUT2D eigenvalue weighted by Crippen LogP contribution is -2.55. The van der Waals surface area contributed by atoms with Crippen molar-refractivity contribution in [1.29, 1.82) is 0 Å². The molecule has 0 radical (unpaired) electrons. The molecular weight excluding hydrogens is 302 g/mol. The normalized spacial score (nSPS) is 30.0. The molecule has 24 heavy (non-hydrogen) atoms. The first kappa shape index (κ1) is 16.1. The second-order valence-electron chi connectivity index (χ2n) is 7.07. The molecule has 130 valence electrons. The van der Waals surface area contributed by atoms with Crippen LogP contribution in [0, 0.1) is 0 Å². The predicted molar refractivity (Wildman–Crippen MR) is 94.2 cm³/mol. The quantitative estimate of drug-likeness (QED) is 0.844. The summed E-state index contributed by atoms with van der Waals surface area (Å²) in [6.07, 6.45) is 3.39. The fourth-order valence-electron chi connectivity index (χ4n) is 4.37. The minimum absolute atomic E-state index is 0.0639. The molecule has 3 saturated heterocycles. The summed E-state index contributed by atoms with van der Waals surface area (Å²) < 4.78 is 5.48. The highest BCUT2D eigenvalue weighted by Gasteiger charge is 2.39. The van der Waals surface area contributed by atoms with Crippen LogP contribution in [0.2, 0.25) is 0 Å². The van der Waals surface area contributed by atoms with Gasteiger partial charge in [0.25, 0.3) is 0 Å². The van der Waals surface area contributed by atoms with Gasteiger partial charge in [0.15, 0.2) is 0 Å². The first-order chi connectivity index (χ1) is 11.8. The van der Waals surface area contributed by atoms with Crippen molar-refractivity contribution in [3.05, 3.63) is 30.3 Å². The first-order valence-electron chi connectivity index (χ1n) is 9.25. The molecule has 3 aliphatic rings. The van der Waals surface area contributed by atoms with Crippen molar-refractivity contribution in [1.82, 2.24) is 9.80 Å². The Balaban J connectivity index is 1.41. The number of hydrogen-bond donors (Lipinski definition) is 0. The maximum Gasteiger partial charge on any atom is 0.244 e. The molecule has 3 aliphatic heterocycles. The Morgan fingerprint density at radius 3 is 2.50 bits per heavy atom. The van der Waals surface area contributed by atoms with Gasteiger partial charge in [0.2, 0.25) is 5.91 Å². The Labute approximate surface area is 144 Å². The zero-order valence-electron chi connectivity index (χ0n) is 14.3. The minimum Gasteiger partial charge on any atom is -0.379 e. The summed E-state index contributed by atoms with van der Waals surface area (Å²) in [5, 5.41) is 0. The van der Waals surface area contributed by atoms with Crippen LogP contribution >= 0.6 is 0 Å². The number of rotatable bonds is 3.